The molecule has 0 aliphatic heterocycles. The standard InChI is InChI=1S/C43H28N4/c1-4-14-29(15-5-1)32-24-26-40-37(28-32)35-22-12-13-23-38(35)47(40)39-27-25-36(33-20-10-11-21-34(33)39)43-45-41(30-16-6-2-7-17-30)44-42(46-43)31-18-8-3-9-19-31/h1-28H. The minimum Gasteiger partial charge on any atom is -0.309 e. The fourth-order valence-electron chi connectivity index (χ4n) is 6.64. The zero-order valence-corrected chi connectivity index (χ0v) is 25.5. The van der Waals surface area contributed by atoms with Crippen LogP contribution in [0.25, 0.3) is 83.6 Å². The molecule has 9 aromatic rings. The van der Waals surface area contributed by atoms with Crippen LogP contribution in [0.1, 0.15) is 0 Å². The van der Waals surface area contributed by atoms with Gasteiger partial charge in [-0.3, -0.25) is 0 Å². The normalized spacial score (nSPS) is 11.4. The molecular formula is C43H28N4. The summed E-state index contributed by atoms with van der Waals surface area (Å²) in [6.45, 7) is 0. The Morgan fingerprint density at radius 1 is 0.319 bits per heavy atom. The Balaban J connectivity index is 1.27. The van der Waals surface area contributed by atoms with Crippen LogP contribution in [-0.2, 0) is 0 Å². The second-order valence-electron chi connectivity index (χ2n) is 11.7. The smallest absolute Gasteiger partial charge is 0.164 e. The van der Waals surface area contributed by atoms with Gasteiger partial charge in [-0.2, -0.15) is 0 Å². The van der Waals surface area contributed by atoms with E-state index in [0.29, 0.717) is 17.5 Å². The first-order valence-electron chi connectivity index (χ1n) is 15.8. The Hall–Kier alpha value is -6.39. The Morgan fingerprint density at radius 3 is 1.49 bits per heavy atom. The van der Waals surface area contributed by atoms with Crippen molar-refractivity contribution in [2.75, 3.05) is 0 Å². The summed E-state index contributed by atoms with van der Waals surface area (Å²) in [6, 6.07) is 59.2. The molecule has 2 aromatic heterocycles. The molecule has 220 valence electrons. The van der Waals surface area contributed by atoms with Crippen molar-refractivity contribution in [3.63, 3.8) is 0 Å². The van der Waals surface area contributed by atoms with E-state index in [0.717, 1.165) is 33.2 Å². The molecule has 0 unspecified atom stereocenters. The summed E-state index contributed by atoms with van der Waals surface area (Å²) in [5.74, 6) is 1.95. The van der Waals surface area contributed by atoms with Crippen LogP contribution >= 0.6 is 0 Å². The van der Waals surface area contributed by atoms with Gasteiger partial charge in [0.1, 0.15) is 0 Å². The average molecular weight is 601 g/mol. The molecule has 47 heavy (non-hydrogen) atoms. The highest BCUT2D eigenvalue weighted by atomic mass is 15.0. The third kappa shape index (κ3) is 4.66. The summed E-state index contributed by atoms with van der Waals surface area (Å²) in [5, 5.41) is 4.67. The van der Waals surface area contributed by atoms with Crippen molar-refractivity contribution in [2.45, 2.75) is 0 Å². The van der Waals surface area contributed by atoms with Gasteiger partial charge in [-0.1, -0.05) is 140 Å². The molecule has 0 N–H and O–H groups in total. The fourth-order valence-corrected chi connectivity index (χ4v) is 6.64. The van der Waals surface area contributed by atoms with Crippen LogP contribution in [0.15, 0.2) is 170 Å². The SMILES string of the molecule is c1ccc(-c2ccc3c(c2)c2ccccc2n3-c2ccc(-c3nc(-c4ccccc4)nc(-c4ccccc4)n3)c3ccccc23)cc1. The van der Waals surface area contributed by atoms with E-state index in [-0.39, 0.29) is 0 Å². The highest BCUT2D eigenvalue weighted by molar-refractivity contribution is 6.12. The number of para-hydroxylation sites is 1. The second kappa shape index (κ2) is 11.2. The average Bonchev–Trinajstić information content (AvgIpc) is 3.49. The van der Waals surface area contributed by atoms with Crippen LogP contribution in [0.4, 0.5) is 0 Å². The lowest BCUT2D eigenvalue weighted by molar-refractivity contribution is 1.08. The van der Waals surface area contributed by atoms with Gasteiger partial charge in [-0.05, 0) is 46.8 Å². The summed E-state index contributed by atoms with van der Waals surface area (Å²) < 4.78 is 2.39. The molecule has 0 bridgehead atoms. The van der Waals surface area contributed by atoms with Gasteiger partial charge in [-0.25, -0.2) is 15.0 Å². The number of fused-ring (bicyclic) bond motifs is 4. The van der Waals surface area contributed by atoms with E-state index in [1.807, 2.05) is 60.7 Å². The van der Waals surface area contributed by atoms with E-state index in [9.17, 15) is 0 Å². The van der Waals surface area contributed by atoms with E-state index in [4.69, 9.17) is 15.0 Å². The molecule has 0 radical (unpaired) electrons. The second-order valence-corrected chi connectivity index (χ2v) is 11.7. The monoisotopic (exact) mass is 600 g/mol. The minimum atomic E-state index is 0.648. The number of benzene rings is 7. The zero-order chi connectivity index (χ0) is 31.2. The van der Waals surface area contributed by atoms with Crippen LogP contribution in [0, 0.1) is 0 Å². The lowest BCUT2D eigenvalue weighted by atomic mass is 10.0. The van der Waals surface area contributed by atoms with Crippen molar-refractivity contribution in [1.82, 2.24) is 19.5 Å². The van der Waals surface area contributed by atoms with Crippen molar-refractivity contribution >= 4 is 32.6 Å². The number of hydrogen-bond donors (Lipinski definition) is 0. The Morgan fingerprint density at radius 2 is 0.830 bits per heavy atom. The maximum Gasteiger partial charge on any atom is 0.164 e. The van der Waals surface area contributed by atoms with Crippen LogP contribution in [0.5, 0.6) is 0 Å². The van der Waals surface area contributed by atoms with Gasteiger partial charge in [0.2, 0.25) is 0 Å². The molecule has 0 amide bonds. The largest absolute Gasteiger partial charge is 0.309 e. The highest BCUT2D eigenvalue weighted by Gasteiger charge is 2.19. The maximum atomic E-state index is 5.05. The number of aromatic nitrogens is 4. The molecular weight excluding hydrogens is 573 g/mol. The van der Waals surface area contributed by atoms with Crippen molar-refractivity contribution in [3.05, 3.63) is 170 Å². The predicted octanol–water partition coefficient (Wildman–Crippen LogP) is 10.8. The molecule has 0 aliphatic carbocycles. The molecule has 0 spiro atoms. The maximum absolute atomic E-state index is 5.05. The molecule has 0 fully saturated rings. The third-order valence-electron chi connectivity index (χ3n) is 8.86. The van der Waals surface area contributed by atoms with E-state index in [1.54, 1.807) is 0 Å². The molecule has 0 saturated carbocycles. The van der Waals surface area contributed by atoms with Gasteiger partial charge in [0, 0.05) is 32.8 Å². The van der Waals surface area contributed by atoms with Crippen molar-refractivity contribution in [3.8, 4) is 51.0 Å². The summed E-state index contributed by atoms with van der Waals surface area (Å²) in [7, 11) is 0. The minimum absolute atomic E-state index is 0.648. The Bertz CT molecular complexity index is 2500. The van der Waals surface area contributed by atoms with Crippen molar-refractivity contribution in [2.24, 2.45) is 0 Å². The van der Waals surface area contributed by atoms with Crippen LogP contribution in [-0.4, -0.2) is 19.5 Å². The topological polar surface area (TPSA) is 43.6 Å². The van der Waals surface area contributed by atoms with Gasteiger partial charge in [-0.15, -0.1) is 0 Å². The third-order valence-corrected chi connectivity index (χ3v) is 8.86. The summed E-state index contributed by atoms with van der Waals surface area (Å²) in [5.41, 5.74) is 8.74. The summed E-state index contributed by atoms with van der Waals surface area (Å²) in [6.07, 6.45) is 0. The molecule has 4 nitrogen and oxygen atoms in total. The molecule has 0 aliphatic rings. The lowest BCUT2D eigenvalue weighted by Crippen LogP contribution is -2.01. The zero-order valence-electron chi connectivity index (χ0n) is 25.5. The van der Waals surface area contributed by atoms with Gasteiger partial charge in [0.15, 0.2) is 17.5 Å². The van der Waals surface area contributed by atoms with Crippen LogP contribution < -0.4 is 0 Å². The summed E-state index contributed by atoms with van der Waals surface area (Å²) >= 11 is 0. The van der Waals surface area contributed by atoms with Gasteiger partial charge in [0.05, 0.1) is 16.7 Å². The molecule has 4 heteroatoms. The number of hydrogen-bond acceptors (Lipinski definition) is 3. The van der Waals surface area contributed by atoms with Crippen LogP contribution in [0.3, 0.4) is 0 Å². The van der Waals surface area contributed by atoms with Crippen molar-refractivity contribution < 1.29 is 0 Å². The first-order chi connectivity index (χ1) is 23.3. The van der Waals surface area contributed by atoms with Gasteiger partial charge >= 0.3 is 0 Å². The summed E-state index contributed by atoms with van der Waals surface area (Å²) in [4.78, 5) is 15.0. The first-order valence-corrected chi connectivity index (χ1v) is 15.8. The van der Waals surface area contributed by atoms with E-state index < -0.39 is 0 Å². The molecule has 2 heterocycles. The predicted molar refractivity (Wildman–Crippen MR) is 193 cm³/mol. The van der Waals surface area contributed by atoms with E-state index in [2.05, 4.69) is 114 Å². The molecule has 7 aromatic carbocycles. The lowest BCUT2D eigenvalue weighted by Gasteiger charge is -2.15. The van der Waals surface area contributed by atoms with E-state index >= 15 is 0 Å². The first kappa shape index (κ1) is 27.0. The quantitative estimate of drug-likeness (QED) is 0.197. The number of nitrogens with zero attached hydrogens (tertiary/aromatic N) is 4. The highest BCUT2D eigenvalue weighted by Crippen LogP contribution is 2.39. The molecule has 9 rings (SSSR count). The van der Waals surface area contributed by atoms with Crippen LogP contribution in [0.2, 0.25) is 0 Å². The molecule has 0 saturated heterocycles. The van der Waals surface area contributed by atoms with E-state index in [1.165, 1.54) is 32.9 Å². The number of rotatable bonds is 5. The molecule has 0 atom stereocenters. The van der Waals surface area contributed by atoms with Gasteiger partial charge < -0.3 is 4.57 Å². The fraction of sp³-hybridized carbons (Fsp3) is 0. The van der Waals surface area contributed by atoms with Gasteiger partial charge in [0.25, 0.3) is 0 Å². The van der Waals surface area contributed by atoms with Crippen molar-refractivity contribution in [1.29, 1.82) is 0 Å². The Labute approximate surface area is 272 Å². The Kier molecular flexibility index (Phi) is 6.43.